The average molecular weight is 343 g/mol. The van der Waals surface area contributed by atoms with Crippen LogP contribution in [0, 0.1) is 5.82 Å². The first kappa shape index (κ1) is 17.0. The Kier molecular flexibility index (Phi) is 4.70. The summed E-state index contributed by atoms with van der Waals surface area (Å²) in [5, 5.41) is 9.63. The molecule has 0 atom stereocenters. The second-order valence-corrected chi connectivity index (χ2v) is 5.99. The smallest absolute Gasteiger partial charge is 0.348 e. The van der Waals surface area contributed by atoms with Gasteiger partial charge in [0, 0.05) is 31.5 Å². The van der Waals surface area contributed by atoms with E-state index in [-0.39, 0.29) is 37.6 Å². The normalized spacial score (nSPS) is 16.3. The SMILES string of the molecule is O=C(c1ccccc1)N1CCC(Oc2ccccc2F)(C(=O)O)CC1. The molecule has 3 rings (SSSR count). The van der Waals surface area contributed by atoms with Crippen molar-refractivity contribution in [1.82, 2.24) is 4.90 Å². The third-order valence-corrected chi connectivity index (χ3v) is 4.41. The van der Waals surface area contributed by atoms with Crippen LogP contribution < -0.4 is 4.74 Å². The number of aliphatic carboxylic acids is 1. The highest BCUT2D eigenvalue weighted by Gasteiger charge is 2.45. The number of halogens is 1. The number of piperidine rings is 1. The zero-order chi connectivity index (χ0) is 17.9. The van der Waals surface area contributed by atoms with Crippen molar-refractivity contribution in [2.45, 2.75) is 18.4 Å². The van der Waals surface area contributed by atoms with Gasteiger partial charge in [-0.1, -0.05) is 30.3 Å². The molecule has 0 radical (unpaired) electrons. The van der Waals surface area contributed by atoms with E-state index in [9.17, 15) is 19.1 Å². The van der Waals surface area contributed by atoms with Crippen molar-refractivity contribution in [1.29, 1.82) is 0 Å². The number of hydrogen-bond donors (Lipinski definition) is 1. The highest BCUT2D eigenvalue weighted by molar-refractivity contribution is 5.94. The first-order chi connectivity index (χ1) is 12.0. The first-order valence-corrected chi connectivity index (χ1v) is 8.03. The summed E-state index contributed by atoms with van der Waals surface area (Å²) in [5.41, 5.74) is -0.976. The Morgan fingerprint density at radius 2 is 1.60 bits per heavy atom. The minimum Gasteiger partial charge on any atom is -0.478 e. The second kappa shape index (κ2) is 6.93. The Morgan fingerprint density at radius 1 is 1.00 bits per heavy atom. The first-order valence-electron chi connectivity index (χ1n) is 8.03. The molecule has 0 bridgehead atoms. The van der Waals surface area contributed by atoms with E-state index in [4.69, 9.17) is 4.74 Å². The molecule has 25 heavy (non-hydrogen) atoms. The lowest BCUT2D eigenvalue weighted by Gasteiger charge is -2.38. The molecular formula is C19H18FNO4. The van der Waals surface area contributed by atoms with Crippen molar-refractivity contribution < 1.29 is 23.8 Å². The van der Waals surface area contributed by atoms with E-state index in [0.29, 0.717) is 5.56 Å². The van der Waals surface area contributed by atoms with Crippen LogP contribution in [0.25, 0.3) is 0 Å². The number of carbonyl (C=O) groups excluding carboxylic acids is 1. The fourth-order valence-electron chi connectivity index (χ4n) is 2.93. The Hall–Kier alpha value is -2.89. The van der Waals surface area contributed by atoms with Gasteiger partial charge < -0.3 is 14.7 Å². The largest absolute Gasteiger partial charge is 0.478 e. The van der Waals surface area contributed by atoms with Crippen LogP contribution in [0.5, 0.6) is 5.75 Å². The van der Waals surface area contributed by atoms with Crippen LogP contribution in [0.4, 0.5) is 4.39 Å². The molecule has 2 aromatic carbocycles. The number of ether oxygens (including phenoxy) is 1. The predicted molar refractivity (Wildman–Crippen MR) is 89.0 cm³/mol. The predicted octanol–water partition coefficient (Wildman–Crippen LogP) is 2.96. The number of benzene rings is 2. The maximum absolute atomic E-state index is 13.8. The topological polar surface area (TPSA) is 66.8 Å². The fraction of sp³-hybridized carbons (Fsp3) is 0.263. The van der Waals surface area contributed by atoms with Crippen molar-refractivity contribution >= 4 is 11.9 Å². The number of carbonyl (C=O) groups is 2. The van der Waals surface area contributed by atoms with Crippen molar-refractivity contribution in [2.75, 3.05) is 13.1 Å². The van der Waals surface area contributed by atoms with Crippen molar-refractivity contribution in [3.63, 3.8) is 0 Å². The summed E-state index contributed by atoms with van der Waals surface area (Å²) in [6, 6.07) is 14.5. The van der Waals surface area contributed by atoms with Gasteiger partial charge in [-0.2, -0.15) is 0 Å². The van der Waals surface area contributed by atoms with Gasteiger partial charge in [0.1, 0.15) is 0 Å². The molecule has 1 heterocycles. The van der Waals surface area contributed by atoms with E-state index in [1.807, 2.05) is 6.07 Å². The number of likely N-dealkylation sites (tertiary alicyclic amines) is 1. The number of carboxylic acid groups (broad SMARTS) is 1. The van der Waals surface area contributed by atoms with Crippen LogP contribution in [0.1, 0.15) is 23.2 Å². The average Bonchev–Trinajstić information content (AvgIpc) is 2.64. The van der Waals surface area contributed by atoms with Crippen LogP contribution in [0.3, 0.4) is 0 Å². The minimum atomic E-state index is -1.53. The lowest BCUT2D eigenvalue weighted by molar-refractivity contribution is -0.159. The molecule has 2 aromatic rings. The molecule has 0 unspecified atom stereocenters. The molecule has 5 nitrogen and oxygen atoms in total. The molecule has 1 saturated heterocycles. The van der Waals surface area contributed by atoms with Gasteiger partial charge in [-0.05, 0) is 24.3 Å². The van der Waals surface area contributed by atoms with Crippen molar-refractivity contribution in [3.8, 4) is 5.75 Å². The molecule has 0 saturated carbocycles. The molecule has 6 heteroatoms. The summed E-state index contributed by atoms with van der Waals surface area (Å²) in [7, 11) is 0. The van der Waals surface area contributed by atoms with Crippen LogP contribution in [0.15, 0.2) is 54.6 Å². The third kappa shape index (κ3) is 3.47. The Bertz CT molecular complexity index is 770. The van der Waals surface area contributed by atoms with E-state index >= 15 is 0 Å². The van der Waals surface area contributed by atoms with Crippen LogP contribution in [-0.4, -0.2) is 40.6 Å². The summed E-state index contributed by atoms with van der Waals surface area (Å²) in [6.07, 6.45) is 0.185. The van der Waals surface area contributed by atoms with Crippen molar-refractivity contribution in [3.05, 3.63) is 66.0 Å². The lowest BCUT2D eigenvalue weighted by Crippen LogP contribution is -2.54. The monoisotopic (exact) mass is 343 g/mol. The van der Waals surface area contributed by atoms with Gasteiger partial charge in [0.05, 0.1) is 0 Å². The highest BCUT2D eigenvalue weighted by atomic mass is 19.1. The second-order valence-electron chi connectivity index (χ2n) is 5.99. The Morgan fingerprint density at radius 3 is 2.20 bits per heavy atom. The number of rotatable bonds is 4. The summed E-state index contributed by atoms with van der Waals surface area (Å²) in [6.45, 7) is 0.461. The van der Waals surface area contributed by atoms with E-state index in [2.05, 4.69) is 0 Å². The van der Waals surface area contributed by atoms with Gasteiger partial charge >= 0.3 is 5.97 Å². The summed E-state index contributed by atoms with van der Waals surface area (Å²) < 4.78 is 19.4. The molecule has 1 aliphatic heterocycles. The number of carboxylic acids is 1. The molecule has 0 spiro atoms. The number of amides is 1. The Balaban J connectivity index is 1.74. The van der Waals surface area contributed by atoms with E-state index in [1.165, 1.54) is 18.2 Å². The summed E-state index contributed by atoms with van der Waals surface area (Å²) >= 11 is 0. The zero-order valence-corrected chi connectivity index (χ0v) is 13.5. The number of nitrogens with zero attached hydrogens (tertiary/aromatic N) is 1. The lowest BCUT2D eigenvalue weighted by atomic mass is 9.90. The standard InChI is InChI=1S/C19H18FNO4/c20-15-8-4-5-9-16(15)25-19(18(23)24)10-12-21(13-11-19)17(22)14-6-2-1-3-7-14/h1-9H,10-13H2,(H,23,24). The third-order valence-electron chi connectivity index (χ3n) is 4.41. The van der Waals surface area contributed by atoms with E-state index in [1.54, 1.807) is 35.2 Å². The molecule has 0 aliphatic carbocycles. The summed E-state index contributed by atoms with van der Waals surface area (Å²) in [5.74, 6) is -1.99. The van der Waals surface area contributed by atoms with Gasteiger partial charge in [0.2, 0.25) is 5.60 Å². The van der Waals surface area contributed by atoms with Crippen LogP contribution in [-0.2, 0) is 4.79 Å². The van der Waals surface area contributed by atoms with Gasteiger partial charge in [0.15, 0.2) is 11.6 Å². The molecule has 1 amide bonds. The summed E-state index contributed by atoms with van der Waals surface area (Å²) in [4.78, 5) is 25.9. The molecule has 0 aromatic heterocycles. The van der Waals surface area contributed by atoms with Crippen molar-refractivity contribution in [2.24, 2.45) is 0 Å². The van der Waals surface area contributed by atoms with Gasteiger partial charge in [-0.3, -0.25) is 4.79 Å². The van der Waals surface area contributed by atoms with E-state index in [0.717, 1.165) is 0 Å². The molecule has 1 aliphatic rings. The molecule has 1 N–H and O–H groups in total. The maximum atomic E-state index is 13.8. The van der Waals surface area contributed by atoms with Gasteiger partial charge in [-0.25, -0.2) is 9.18 Å². The van der Waals surface area contributed by atoms with Gasteiger partial charge in [0.25, 0.3) is 5.91 Å². The zero-order valence-electron chi connectivity index (χ0n) is 13.5. The molecule has 1 fully saturated rings. The maximum Gasteiger partial charge on any atom is 0.348 e. The van der Waals surface area contributed by atoms with Gasteiger partial charge in [-0.15, -0.1) is 0 Å². The minimum absolute atomic E-state index is 0.0901. The Labute approximate surface area is 144 Å². The highest BCUT2D eigenvalue weighted by Crippen LogP contribution is 2.31. The van der Waals surface area contributed by atoms with E-state index < -0.39 is 17.4 Å². The molecular weight excluding hydrogens is 325 g/mol. The number of para-hydroxylation sites is 1. The molecule has 130 valence electrons. The number of hydrogen-bond acceptors (Lipinski definition) is 3. The van der Waals surface area contributed by atoms with Crippen LogP contribution in [0.2, 0.25) is 0 Å². The fourth-order valence-corrected chi connectivity index (χ4v) is 2.93. The quantitative estimate of drug-likeness (QED) is 0.927. The van der Waals surface area contributed by atoms with Crippen LogP contribution >= 0.6 is 0 Å².